The van der Waals surface area contributed by atoms with E-state index in [0.717, 1.165) is 14.7 Å². The summed E-state index contributed by atoms with van der Waals surface area (Å²) in [7, 11) is 0. The molecule has 0 aliphatic carbocycles. The van der Waals surface area contributed by atoms with E-state index in [4.69, 9.17) is 13.3 Å². The van der Waals surface area contributed by atoms with Crippen molar-refractivity contribution in [2.75, 3.05) is 0 Å². The molecule has 24 heavy (non-hydrogen) atoms. The maximum atomic E-state index is 11.9. The molecule has 0 saturated heterocycles. The predicted molar refractivity (Wildman–Crippen MR) is 85.0 cm³/mol. The summed E-state index contributed by atoms with van der Waals surface area (Å²) in [6.07, 6.45) is 1.47. The van der Waals surface area contributed by atoms with Crippen molar-refractivity contribution in [1.82, 2.24) is 20.0 Å². The van der Waals surface area contributed by atoms with E-state index in [1.165, 1.54) is 6.26 Å². The monoisotopic (exact) mass is 388 g/mol. The number of hydrogen-bond donors (Lipinski definition) is 0. The first-order valence-corrected chi connectivity index (χ1v) is 7.68. The standard InChI is InChI=1S/C15H9BrN4O4/c16-10-5-3-9(4-6-10)13-18-17-12(23-13)8-20-15(21)24-14(19-20)11-2-1-7-22-11/h1-7H,8H2. The van der Waals surface area contributed by atoms with Crippen LogP contribution in [0.25, 0.3) is 23.1 Å². The van der Waals surface area contributed by atoms with E-state index in [2.05, 4.69) is 31.2 Å². The summed E-state index contributed by atoms with van der Waals surface area (Å²) in [5.41, 5.74) is 0.778. The lowest BCUT2D eigenvalue weighted by Crippen LogP contribution is -2.16. The summed E-state index contributed by atoms with van der Waals surface area (Å²) in [6.45, 7) is 0.00652. The molecule has 9 heteroatoms. The van der Waals surface area contributed by atoms with Gasteiger partial charge in [0, 0.05) is 10.0 Å². The van der Waals surface area contributed by atoms with Crippen LogP contribution in [0.2, 0.25) is 0 Å². The molecule has 8 nitrogen and oxygen atoms in total. The third kappa shape index (κ3) is 2.81. The first kappa shape index (κ1) is 14.6. The number of aromatic nitrogens is 4. The van der Waals surface area contributed by atoms with E-state index in [0.29, 0.717) is 11.7 Å². The van der Waals surface area contributed by atoms with Crippen molar-refractivity contribution in [3.8, 4) is 23.1 Å². The molecule has 0 aliphatic heterocycles. The molecule has 4 aromatic rings. The minimum Gasteiger partial charge on any atom is -0.459 e. The van der Waals surface area contributed by atoms with Crippen LogP contribution in [0, 0.1) is 0 Å². The zero-order valence-electron chi connectivity index (χ0n) is 12.0. The van der Waals surface area contributed by atoms with E-state index in [1.807, 2.05) is 24.3 Å². The number of furan rings is 1. The highest BCUT2D eigenvalue weighted by molar-refractivity contribution is 9.10. The van der Waals surface area contributed by atoms with Gasteiger partial charge in [-0.2, -0.15) is 4.68 Å². The number of hydrogen-bond acceptors (Lipinski definition) is 7. The van der Waals surface area contributed by atoms with Gasteiger partial charge in [-0.05, 0) is 36.4 Å². The van der Waals surface area contributed by atoms with Crippen molar-refractivity contribution in [3.05, 3.63) is 63.6 Å². The highest BCUT2D eigenvalue weighted by Crippen LogP contribution is 2.21. The summed E-state index contributed by atoms with van der Waals surface area (Å²) in [6, 6.07) is 10.8. The number of halogens is 1. The Labute approximate surface area is 142 Å². The normalized spacial score (nSPS) is 11.0. The molecule has 3 heterocycles. The Morgan fingerprint density at radius 1 is 1.04 bits per heavy atom. The molecular weight excluding hydrogens is 380 g/mol. The SMILES string of the molecule is O=c1oc(-c2ccco2)nn1Cc1nnc(-c2ccc(Br)cc2)o1. The third-order valence-electron chi connectivity index (χ3n) is 3.18. The maximum absolute atomic E-state index is 11.9. The second-order valence-corrected chi connectivity index (χ2v) is 5.73. The summed E-state index contributed by atoms with van der Waals surface area (Å²) < 4.78 is 17.8. The molecule has 3 aromatic heterocycles. The van der Waals surface area contributed by atoms with E-state index in [-0.39, 0.29) is 18.3 Å². The minimum atomic E-state index is -0.634. The van der Waals surface area contributed by atoms with Gasteiger partial charge < -0.3 is 13.3 Å². The molecule has 120 valence electrons. The molecule has 4 rings (SSSR count). The lowest BCUT2D eigenvalue weighted by Gasteiger charge is -1.95. The lowest BCUT2D eigenvalue weighted by molar-refractivity contribution is 0.442. The first-order chi connectivity index (χ1) is 11.7. The predicted octanol–water partition coefficient (Wildman–Crippen LogP) is 2.96. The van der Waals surface area contributed by atoms with Crippen LogP contribution in [0.3, 0.4) is 0 Å². The van der Waals surface area contributed by atoms with Crippen LogP contribution in [-0.4, -0.2) is 20.0 Å². The van der Waals surface area contributed by atoms with Gasteiger partial charge in [0.1, 0.15) is 6.54 Å². The van der Waals surface area contributed by atoms with Gasteiger partial charge in [-0.1, -0.05) is 15.9 Å². The zero-order valence-corrected chi connectivity index (χ0v) is 13.6. The Morgan fingerprint density at radius 3 is 2.62 bits per heavy atom. The molecule has 1 aromatic carbocycles. The number of nitrogens with zero attached hydrogens (tertiary/aromatic N) is 4. The van der Waals surface area contributed by atoms with Crippen LogP contribution in [0.4, 0.5) is 0 Å². The molecular formula is C15H9BrN4O4. The Kier molecular flexibility index (Phi) is 3.62. The second-order valence-electron chi connectivity index (χ2n) is 4.82. The van der Waals surface area contributed by atoms with E-state index in [9.17, 15) is 4.79 Å². The lowest BCUT2D eigenvalue weighted by atomic mass is 10.2. The first-order valence-electron chi connectivity index (χ1n) is 6.89. The number of rotatable bonds is 4. The van der Waals surface area contributed by atoms with Crippen LogP contribution in [0.5, 0.6) is 0 Å². The number of benzene rings is 1. The van der Waals surface area contributed by atoms with Gasteiger partial charge in [-0.3, -0.25) is 0 Å². The van der Waals surface area contributed by atoms with Crippen LogP contribution >= 0.6 is 15.9 Å². The molecule has 0 radical (unpaired) electrons. The third-order valence-corrected chi connectivity index (χ3v) is 3.71. The molecule has 0 spiro atoms. The molecule has 0 bridgehead atoms. The van der Waals surface area contributed by atoms with Crippen molar-refractivity contribution in [2.45, 2.75) is 6.54 Å². The molecule has 0 unspecified atom stereocenters. The highest BCUT2D eigenvalue weighted by Gasteiger charge is 2.15. The van der Waals surface area contributed by atoms with Crippen LogP contribution in [0.1, 0.15) is 5.89 Å². The van der Waals surface area contributed by atoms with Gasteiger partial charge in [0.05, 0.1) is 6.26 Å². The topological polar surface area (TPSA) is 100 Å². The van der Waals surface area contributed by atoms with Gasteiger partial charge in [0.25, 0.3) is 5.89 Å². The Hall–Kier alpha value is -2.94. The smallest absolute Gasteiger partial charge is 0.437 e. The highest BCUT2D eigenvalue weighted by atomic mass is 79.9. The van der Waals surface area contributed by atoms with Crippen LogP contribution in [-0.2, 0) is 6.54 Å². The molecule has 0 saturated carbocycles. The van der Waals surface area contributed by atoms with Gasteiger partial charge in [-0.25, -0.2) is 4.79 Å². The summed E-state index contributed by atoms with van der Waals surface area (Å²) >= 11 is 3.36. The molecule has 0 aliphatic rings. The average Bonchev–Trinajstić information content (AvgIpc) is 3.31. The largest absolute Gasteiger partial charge is 0.459 e. The molecule has 0 fully saturated rings. The van der Waals surface area contributed by atoms with Gasteiger partial charge in [0.15, 0.2) is 5.76 Å². The minimum absolute atomic E-state index is 0.00652. The van der Waals surface area contributed by atoms with Crippen molar-refractivity contribution in [1.29, 1.82) is 0 Å². The van der Waals surface area contributed by atoms with Gasteiger partial charge in [-0.15, -0.1) is 15.3 Å². The van der Waals surface area contributed by atoms with E-state index in [1.54, 1.807) is 12.1 Å². The van der Waals surface area contributed by atoms with Crippen molar-refractivity contribution < 1.29 is 13.3 Å². The van der Waals surface area contributed by atoms with Crippen molar-refractivity contribution >= 4 is 15.9 Å². The van der Waals surface area contributed by atoms with Crippen molar-refractivity contribution in [2.24, 2.45) is 0 Å². The fraction of sp³-hybridized carbons (Fsp3) is 0.0667. The fourth-order valence-corrected chi connectivity index (χ4v) is 2.33. The van der Waals surface area contributed by atoms with Gasteiger partial charge >= 0.3 is 5.76 Å². The Bertz CT molecular complexity index is 1010. The maximum Gasteiger partial charge on any atom is 0.437 e. The quantitative estimate of drug-likeness (QED) is 0.529. The summed E-state index contributed by atoms with van der Waals surface area (Å²) in [4.78, 5) is 11.9. The molecule has 0 N–H and O–H groups in total. The Morgan fingerprint density at radius 2 is 1.88 bits per heavy atom. The van der Waals surface area contributed by atoms with Crippen LogP contribution < -0.4 is 5.76 Å². The summed E-state index contributed by atoms with van der Waals surface area (Å²) in [5.74, 6) is 0.434. The van der Waals surface area contributed by atoms with Crippen LogP contribution in [0.15, 0.2) is 65.2 Å². The summed E-state index contributed by atoms with van der Waals surface area (Å²) in [5, 5.41) is 12.0. The van der Waals surface area contributed by atoms with Crippen molar-refractivity contribution in [3.63, 3.8) is 0 Å². The van der Waals surface area contributed by atoms with Gasteiger partial charge in [0.2, 0.25) is 11.8 Å². The second kappa shape index (κ2) is 5.93. The Balaban J connectivity index is 1.58. The average molecular weight is 389 g/mol. The molecule has 0 amide bonds. The van der Waals surface area contributed by atoms with E-state index >= 15 is 0 Å². The zero-order chi connectivity index (χ0) is 16.5. The van der Waals surface area contributed by atoms with E-state index < -0.39 is 5.76 Å². The molecule has 0 atom stereocenters. The fourth-order valence-electron chi connectivity index (χ4n) is 2.06.